The van der Waals surface area contributed by atoms with Crippen LogP contribution in [0.3, 0.4) is 0 Å². The van der Waals surface area contributed by atoms with Gasteiger partial charge in [-0.15, -0.1) is 35.9 Å². The predicted octanol–water partition coefficient (Wildman–Crippen LogP) is 14.1. The summed E-state index contributed by atoms with van der Waals surface area (Å²) >= 11 is -1.99. The Balaban J connectivity index is 0.000000296. The van der Waals surface area contributed by atoms with E-state index in [9.17, 15) is 0 Å². The van der Waals surface area contributed by atoms with Gasteiger partial charge in [0.15, 0.2) is 0 Å². The van der Waals surface area contributed by atoms with Gasteiger partial charge in [-0.1, -0.05) is 91.0 Å². The quantitative estimate of drug-likeness (QED) is 0.131. The molecule has 1 radical (unpaired) electrons. The number of benzene rings is 8. The molecule has 0 saturated carbocycles. The molecule has 295 valence electrons. The number of fused-ring (bicyclic) bond motifs is 11. The first-order valence-electron chi connectivity index (χ1n) is 20.4. The number of hydrogen-bond donors (Lipinski definition) is 0. The first kappa shape index (κ1) is 38.8. The molecule has 4 nitrogen and oxygen atoms in total. The van der Waals surface area contributed by atoms with E-state index in [0.29, 0.717) is 0 Å². The van der Waals surface area contributed by atoms with E-state index in [0.717, 1.165) is 71.9 Å². The van der Waals surface area contributed by atoms with Gasteiger partial charge in [-0.25, -0.2) is 0 Å². The first-order chi connectivity index (χ1) is 29.4. The van der Waals surface area contributed by atoms with Gasteiger partial charge in [0.2, 0.25) is 0 Å². The van der Waals surface area contributed by atoms with E-state index in [1.165, 1.54) is 36.7 Å². The van der Waals surface area contributed by atoms with Crippen molar-refractivity contribution in [2.24, 2.45) is 0 Å². The molecule has 4 heterocycles. The largest absolute Gasteiger partial charge is 0.305 e. The Labute approximate surface area is 369 Å². The van der Waals surface area contributed by atoms with Crippen molar-refractivity contribution in [1.82, 2.24) is 14.4 Å². The summed E-state index contributed by atoms with van der Waals surface area (Å²) in [5.74, 6) is 8.14. The summed E-state index contributed by atoms with van der Waals surface area (Å²) in [5.41, 5.74) is 7.66. The standard InChI is InChI=1S/C44H31GeN2O.C11H8N.Ir/c1-45(2,3)29-23-22-27-25-38-36-18-10-19-37(43(36)48-41(38)26-28(27)24-29)44-46-39-20-11-17-35-33-15-7-5-13-31(33)30-12-4-6-14-32(30)34-16-8-9-21-40(34)47(44)42(35)39;1-2-6-10(7-3-1)11-8-4-5-9-12-11;/h4-18,20-26H,1-3H3;1-6,8-9H;/q2*-1;. The van der Waals surface area contributed by atoms with Crippen molar-refractivity contribution in [3.63, 3.8) is 0 Å². The van der Waals surface area contributed by atoms with Gasteiger partial charge in [0.05, 0.1) is 0 Å². The molecule has 61 heavy (non-hydrogen) atoms. The van der Waals surface area contributed by atoms with Crippen molar-refractivity contribution in [2.75, 3.05) is 0 Å². The minimum Gasteiger partial charge on any atom is -0.305 e. The van der Waals surface area contributed by atoms with E-state index < -0.39 is 13.3 Å². The van der Waals surface area contributed by atoms with Crippen molar-refractivity contribution in [3.05, 3.63) is 194 Å². The normalized spacial score (nSPS) is 11.7. The van der Waals surface area contributed by atoms with Gasteiger partial charge in [0.1, 0.15) is 0 Å². The molecule has 0 aliphatic carbocycles. The molecule has 12 rings (SSSR count). The molecule has 0 amide bonds. The van der Waals surface area contributed by atoms with Crippen LogP contribution < -0.4 is 4.40 Å². The summed E-state index contributed by atoms with van der Waals surface area (Å²) < 4.78 is 10.7. The Morgan fingerprint density at radius 1 is 0.541 bits per heavy atom. The summed E-state index contributed by atoms with van der Waals surface area (Å²) in [6.45, 7) is 0. The summed E-state index contributed by atoms with van der Waals surface area (Å²) in [7, 11) is 0. The van der Waals surface area contributed by atoms with Gasteiger partial charge < -0.3 is 4.98 Å². The number of para-hydroxylation sites is 2. The average Bonchev–Trinajstić information content (AvgIpc) is 3.87. The Morgan fingerprint density at radius 3 is 1.95 bits per heavy atom. The maximum Gasteiger partial charge on any atom is 0.0160 e. The molecule has 4 aromatic heterocycles. The zero-order valence-corrected chi connectivity index (χ0v) is 38.4. The molecular formula is C55H39GeIrN3O-2. The van der Waals surface area contributed by atoms with E-state index in [1.54, 1.807) is 6.20 Å². The van der Waals surface area contributed by atoms with Crippen molar-refractivity contribution >= 4 is 99.2 Å². The van der Waals surface area contributed by atoms with E-state index in [1.807, 2.05) is 48.5 Å². The number of pyridine rings is 1. The summed E-state index contributed by atoms with van der Waals surface area (Å²) in [4.78, 5) is 9.61. The smallest absolute Gasteiger partial charge is 0.0160 e. The molecule has 0 aliphatic heterocycles. The molecule has 0 aliphatic rings. The molecular weight excluding hydrogens is 983 g/mol. The monoisotopic (exact) mass is 1020 g/mol. The third-order valence-corrected chi connectivity index (χ3v) is 16.0. The Hall–Kier alpha value is -6.37. The molecule has 0 spiro atoms. The molecule has 0 N–H and O–H groups in total. The van der Waals surface area contributed by atoms with Crippen molar-refractivity contribution in [3.8, 4) is 22.6 Å². The Morgan fingerprint density at radius 2 is 1.23 bits per heavy atom. The van der Waals surface area contributed by atoms with Gasteiger partial charge in [-0.05, 0) is 33.3 Å². The third-order valence-electron chi connectivity index (χ3n) is 11.7. The number of aromatic nitrogens is 3. The number of nitrogens with zero attached hydrogens (tertiary/aromatic N) is 3. The molecule has 6 heteroatoms. The summed E-state index contributed by atoms with van der Waals surface area (Å²) in [5, 5.41) is 11.8. The number of imidazole rings is 1. The van der Waals surface area contributed by atoms with Crippen LogP contribution in [-0.4, -0.2) is 27.6 Å². The van der Waals surface area contributed by atoms with Gasteiger partial charge in [0.25, 0.3) is 0 Å². The molecule has 8 aromatic carbocycles. The second kappa shape index (κ2) is 15.6. The van der Waals surface area contributed by atoms with Gasteiger partial charge in [-0.3, -0.25) is 0 Å². The fourth-order valence-electron chi connectivity index (χ4n) is 8.74. The predicted molar refractivity (Wildman–Crippen MR) is 255 cm³/mol. The fraction of sp³-hybridized carbons (Fsp3) is 0.0545. The summed E-state index contributed by atoms with van der Waals surface area (Å²) in [6, 6.07) is 68.7. The number of rotatable bonds is 3. The maximum atomic E-state index is 6.83. The second-order valence-corrected chi connectivity index (χ2v) is 27.1. The second-order valence-electron chi connectivity index (χ2n) is 16.4. The zero-order chi connectivity index (χ0) is 40.4. The SMILES string of the molecule is [CH3][Ge]([CH3])([CH3])[c]1ccc2cc3c(cc2c1)oc1c(-c2nc4cccc5c6ccccc6c6ccccc6c6ccccc6n2c45)[c-]ccc13.[Ir].[c-]1ccccc1-c1ccccn1. The zero-order valence-electron chi connectivity index (χ0n) is 33.9. The van der Waals surface area contributed by atoms with Crippen molar-refractivity contribution < 1.29 is 24.5 Å². The van der Waals surface area contributed by atoms with Crippen LogP contribution in [0.1, 0.15) is 0 Å². The topological polar surface area (TPSA) is 43.3 Å². The molecule has 0 unspecified atom stereocenters. The minimum atomic E-state index is -1.99. The summed E-state index contributed by atoms with van der Waals surface area (Å²) in [6.07, 6.45) is 1.79. The number of hydrogen-bond acceptors (Lipinski definition) is 3. The van der Waals surface area contributed by atoms with Crippen LogP contribution in [0.4, 0.5) is 0 Å². The van der Waals surface area contributed by atoms with Crippen LogP contribution in [0.2, 0.25) is 17.3 Å². The van der Waals surface area contributed by atoms with E-state index in [2.05, 4.69) is 166 Å². The minimum absolute atomic E-state index is 0. The van der Waals surface area contributed by atoms with Crippen LogP contribution in [0, 0.1) is 12.1 Å². The maximum absolute atomic E-state index is 6.83. The number of furan rings is 1. The first-order valence-corrected chi connectivity index (χ1v) is 27.7. The van der Waals surface area contributed by atoms with E-state index in [-0.39, 0.29) is 20.1 Å². The van der Waals surface area contributed by atoms with Gasteiger partial charge in [0, 0.05) is 26.3 Å². The molecule has 0 atom stereocenters. The van der Waals surface area contributed by atoms with Crippen LogP contribution in [0.15, 0.2) is 187 Å². The van der Waals surface area contributed by atoms with Crippen LogP contribution in [0.5, 0.6) is 0 Å². The van der Waals surface area contributed by atoms with Crippen molar-refractivity contribution in [1.29, 1.82) is 0 Å². The molecule has 0 bridgehead atoms. The van der Waals surface area contributed by atoms with Crippen LogP contribution >= 0.6 is 0 Å². The fourth-order valence-corrected chi connectivity index (χ4v) is 11.2. The Kier molecular flexibility index (Phi) is 9.92. The average molecular weight is 1020 g/mol. The van der Waals surface area contributed by atoms with E-state index in [4.69, 9.17) is 9.40 Å². The van der Waals surface area contributed by atoms with E-state index >= 15 is 0 Å². The molecule has 0 fully saturated rings. The van der Waals surface area contributed by atoms with Gasteiger partial charge in [-0.2, -0.15) is 0 Å². The third kappa shape index (κ3) is 6.74. The van der Waals surface area contributed by atoms with Crippen LogP contribution in [-0.2, 0) is 20.1 Å². The van der Waals surface area contributed by atoms with Crippen LogP contribution in [0.25, 0.3) is 104 Å². The van der Waals surface area contributed by atoms with Crippen molar-refractivity contribution in [2.45, 2.75) is 17.3 Å². The van der Waals surface area contributed by atoms with Gasteiger partial charge >= 0.3 is 181 Å². The molecule has 0 saturated heterocycles. The molecule has 12 aromatic rings. The Bertz CT molecular complexity index is 3610.